The van der Waals surface area contributed by atoms with Crippen molar-refractivity contribution in [3.05, 3.63) is 12.5 Å². The zero-order valence-electron chi connectivity index (χ0n) is 11.2. The van der Waals surface area contributed by atoms with Gasteiger partial charge < -0.3 is 10.3 Å². The minimum absolute atomic E-state index is 0.140. The van der Waals surface area contributed by atoms with Crippen molar-refractivity contribution in [1.29, 1.82) is 0 Å². The van der Waals surface area contributed by atoms with Crippen molar-refractivity contribution < 1.29 is 8.42 Å². The molecule has 0 unspecified atom stereocenters. The summed E-state index contributed by atoms with van der Waals surface area (Å²) < 4.78 is 28.0. The van der Waals surface area contributed by atoms with Crippen LogP contribution in [0, 0.1) is 0 Å². The molecule has 2 rings (SSSR count). The third-order valence-corrected chi connectivity index (χ3v) is 5.14. The van der Waals surface area contributed by atoms with Crippen molar-refractivity contribution in [2.24, 2.45) is 5.73 Å². The van der Waals surface area contributed by atoms with Crippen LogP contribution in [0.1, 0.15) is 6.92 Å². The molecule has 0 amide bonds. The molecule has 0 radical (unpaired) electrons. The highest BCUT2D eigenvalue weighted by Crippen LogP contribution is 2.15. The first kappa shape index (κ1) is 14.4. The molecule has 1 aromatic heterocycles. The lowest BCUT2D eigenvalue weighted by molar-refractivity contribution is 0.192. The van der Waals surface area contributed by atoms with Crippen molar-refractivity contribution in [1.82, 2.24) is 18.8 Å². The normalized spacial score (nSPS) is 18.8. The topological polar surface area (TPSA) is 84.5 Å². The maximum absolute atomic E-state index is 12.4. The second kappa shape index (κ2) is 6.00. The van der Waals surface area contributed by atoms with Crippen LogP contribution in [0.2, 0.25) is 0 Å². The smallest absolute Gasteiger partial charge is 0.262 e. The Morgan fingerprint density at radius 2 is 2.00 bits per heavy atom. The summed E-state index contributed by atoms with van der Waals surface area (Å²) >= 11 is 0. The summed E-state index contributed by atoms with van der Waals surface area (Å²) in [7, 11) is -3.45. The van der Waals surface area contributed by atoms with Gasteiger partial charge in [0.25, 0.3) is 10.0 Å². The predicted octanol–water partition coefficient (Wildman–Crippen LogP) is -0.832. The molecule has 1 aliphatic rings. The molecule has 0 bridgehead atoms. The van der Waals surface area contributed by atoms with Crippen LogP contribution in [0.3, 0.4) is 0 Å². The lowest BCUT2D eigenvalue weighted by Gasteiger charge is -2.33. The van der Waals surface area contributed by atoms with Crippen molar-refractivity contribution in [3.63, 3.8) is 0 Å². The largest absolute Gasteiger partial charge is 0.336 e. The molecule has 1 saturated heterocycles. The van der Waals surface area contributed by atoms with Gasteiger partial charge in [-0.25, -0.2) is 13.4 Å². The van der Waals surface area contributed by atoms with E-state index in [1.165, 1.54) is 4.31 Å². The van der Waals surface area contributed by atoms with Gasteiger partial charge in [-0.1, -0.05) is 0 Å². The summed E-state index contributed by atoms with van der Waals surface area (Å²) in [5.41, 5.74) is 5.50. The lowest BCUT2D eigenvalue weighted by Crippen LogP contribution is -2.49. The molecule has 0 spiro atoms. The standard InChI is InChI=1S/C11H21N5O2S/c1-2-14-9-11(13-10-14)19(17,18)16-7-5-15(4-3-12)6-8-16/h9-10H,2-8,12H2,1H3. The predicted molar refractivity (Wildman–Crippen MR) is 72.2 cm³/mol. The molecular weight excluding hydrogens is 266 g/mol. The first-order valence-corrected chi connectivity index (χ1v) is 7.96. The van der Waals surface area contributed by atoms with Gasteiger partial charge in [0.2, 0.25) is 0 Å². The molecule has 2 N–H and O–H groups in total. The number of sulfonamides is 1. The van der Waals surface area contributed by atoms with E-state index in [0.717, 1.165) is 19.6 Å². The summed E-state index contributed by atoms with van der Waals surface area (Å²) in [4.78, 5) is 6.17. The third-order valence-electron chi connectivity index (χ3n) is 3.36. The average molecular weight is 287 g/mol. The molecule has 0 aliphatic carbocycles. The quantitative estimate of drug-likeness (QED) is 0.764. The number of piperazine rings is 1. The molecule has 108 valence electrons. The van der Waals surface area contributed by atoms with Gasteiger partial charge in [-0.3, -0.25) is 4.90 Å². The molecule has 0 saturated carbocycles. The van der Waals surface area contributed by atoms with Gasteiger partial charge in [0.05, 0.1) is 6.33 Å². The molecule has 1 fully saturated rings. The van der Waals surface area contributed by atoms with Gasteiger partial charge in [-0.2, -0.15) is 4.31 Å². The van der Waals surface area contributed by atoms with Crippen LogP contribution in [0.15, 0.2) is 17.6 Å². The van der Waals surface area contributed by atoms with Crippen molar-refractivity contribution >= 4 is 10.0 Å². The molecule has 1 aromatic rings. The number of aryl methyl sites for hydroxylation is 1. The maximum Gasteiger partial charge on any atom is 0.262 e. The number of rotatable bonds is 5. The summed E-state index contributed by atoms with van der Waals surface area (Å²) in [5, 5.41) is 0.140. The highest BCUT2D eigenvalue weighted by Gasteiger charge is 2.29. The number of hydrogen-bond acceptors (Lipinski definition) is 5. The Balaban J connectivity index is 2.05. The zero-order valence-corrected chi connectivity index (χ0v) is 12.0. The molecule has 2 heterocycles. The summed E-state index contributed by atoms with van der Waals surface area (Å²) in [6, 6.07) is 0. The Morgan fingerprint density at radius 1 is 1.32 bits per heavy atom. The van der Waals surface area contributed by atoms with Crippen molar-refractivity contribution in [2.75, 3.05) is 39.3 Å². The first-order valence-electron chi connectivity index (χ1n) is 6.52. The van der Waals surface area contributed by atoms with Crippen molar-refractivity contribution in [2.45, 2.75) is 18.5 Å². The van der Waals surface area contributed by atoms with E-state index in [4.69, 9.17) is 5.73 Å². The Labute approximate surface area is 114 Å². The van der Waals surface area contributed by atoms with Gasteiger partial charge in [0.1, 0.15) is 0 Å². The van der Waals surface area contributed by atoms with Crippen LogP contribution >= 0.6 is 0 Å². The van der Waals surface area contributed by atoms with Gasteiger partial charge in [0, 0.05) is 52.0 Å². The van der Waals surface area contributed by atoms with E-state index >= 15 is 0 Å². The van der Waals surface area contributed by atoms with Crippen LogP contribution in [-0.4, -0.2) is 66.4 Å². The number of imidazole rings is 1. The minimum atomic E-state index is -3.45. The van der Waals surface area contributed by atoms with Crippen LogP contribution < -0.4 is 5.73 Å². The molecule has 1 aliphatic heterocycles. The second-order valence-corrected chi connectivity index (χ2v) is 6.46. The first-order chi connectivity index (χ1) is 9.07. The van der Waals surface area contributed by atoms with E-state index in [0.29, 0.717) is 26.2 Å². The van der Waals surface area contributed by atoms with Gasteiger partial charge in [0.15, 0.2) is 5.03 Å². The highest BCUT2D eigenvalue weighted by molar-refractivity contribution is 7.89. The Morgan fingerprint density at radius 3 is 2.53 bits per heavy atom. The molecule has 0 atom stereocenters. The van der Waals surface area contributed by atoms with Crippen molar-refractivity contribution in [3.8, 4) is 0 Å². The fraction of sp³-hybridized carbons (Fsp3) is 0.727. The van der Waals surface area contributed by atoms with E-state index in [-0.39, 0.29) is 5.03 Å². The molecule has 7 nitrogen and oxygen atoms in total. The third kappa shape index (κ3) is 3.14. The number of aromatic nitrogens is 2. The molecule has 8 heteroatoms. The summed E-state index contributed by atoms with van der Waals surface area (Å²) in [6.07, 6.45) is 3.14. The van der Waals surface area contributed by atoms with Gasteiger partial charge in [-0.05, 0) is 6.92 Å². The minimum Gasteiger partial charge on any atom is -0.336 e. The Bertz CT molecular complexity index is 505. The highest BCUT2D eigenvalue weighted by atomic mass is 32.2. The maximum atomic E-state index is 12.4. The zero-order chi connectivity index (χ0) is 13.9. The fourth-order valence-electron chi connectivity index (χ4n) is 2.15. The van der Waals surface area contributed by atoms with Crippen LogP contribution in [0.4, 0.5) is 0 Å². The van der Waals surface area contributed by atoms with Gasteiger partial charge in [-0.15, -0.1) is 0 Å². The Kier molecular flexibility index (Phi) is 4.56. The van der Waals surface area contributed by atoms with Gasteiger partial charge >= 0.3 is 0 Å². The molecular formula is C11H21N5O2S. The average Bonchev–Trinajstić information content (AvgIpc) is 2.89. The van der Waals surface area contributed by atoms with Crippen LogP contribution in [0.25, 0.3) is 0 Å². The lowest BCUT2D eigenvalue weighted by atomic mass is 10.3. The number of nitrogens with two attached hydrogens (primary N) is 1. The molecule has 19 heavy (non-hydrogen) atoms. The summed E-state index contributed by atoms with van der Waals surface area (Å²) in [5.74, 6) is 0. The van der Waals surface area contributed by atoms with Crippen LogP contribution in [-0.2, 0) is 16.6 Å². The number of nitrogens with zero attached hydrogens (tertiary/aromatic N) is 4. The summed E-state index contributed by atoms with van der Waals surface area (Å²) in [6.45, 7) is 6.54. The fourth-order valence-corrected chi connectivity index (χ4v) is 3.51. The monoisotopic (exact) mass is 287 g/mol. The van der Waals surface area contributed by atoms with E-state index < -0.39 is 10.0 Å². The molecule has 0 aromatic carbocycles. The SMILES string of the molecule is CCn1cnc(S(=O)(=O)N2CCN(CCN)CC2)c1. The van der Waals surface area contributed by atoms with Crippen LogP contribution in [0.5, 0.6) is 0 Å². The Hall–Kier alpha value is -0.960. The second-order valence-electron chi connectivity index (χ2n) is 4.58. The van der Waals surface area contributed by atoms with E-state index in [9.17, 15) is 8.42 Å². The number of hydrogen-bond donors (Lipinski definition) is 1. The van der Waals surface area contributed by atoms with E-state index in [1.54, 1.807) is 17.1 Å². The van der Waals surface area contributed by atoms with E-state index in [1.807, 2.05) is 6.92 Å². The van der Waals surface area contributed by atoms with E-state index in [2.05, 4.69) is 9.88 Å².